The van der Waals surface area contributed by atoms with Crippen LogP contribution < -0.4 is 4.74 Å². The Kier molecular flexibility index (Phi) is 3.65. The Morgan fingerprint density at radius 2 is 1.94 bits per heavy atom. The summed E-state index contributed by atoms with van der Waals surface area (Å²) >= 11 is 0. The Labute approximate surface area is 102 Å². The number of benzene rings is 1. The van der Waals surface area contributed by atoms with E-state index in [0.717, 1.165) is 24.2 Å². The number of nitriles is 1. The van der Waals surface area contributed by atoms with Crippen molar-refractivity contribution in [3.8, 4) is 11.8 Å². The second kappa shape index (κ2) is 5.20. The summed E-state index contributed by atoms with van der Waals surface area (Å²) in [4.78, 5) is 0. The van der Waals surface area contributed by atoms with Gasteiger partial charge in [-0.15, -0.1) is 0 Å². The molecule has 0 amide bonds. The average molecular weight is 231 g/mol. The summed E-state index contributed by atoms with van der Waals surface area (Å²) in [5, 5.41) is 9.43. The Bertz CT molecular complexity index is 399. The van der Waals surface area contributed by atoms with Crippen LogP contribution in [0.4, 0.5) is 0 Å². The molecule has 90 valence electrons. The fraction of sp³-hybridized carbons (Fsp3) is 0.500. The van der Waals surface area contributed by atoms with Gasteiger partial charge in [0, 0.05) is 13.2 Å². The smallest absolute Gasteiger partial charge is 0.119 e. The van der Waals surface area contributed by atoms with Gasteiger partial charge in [0.25, 0.3) is 0 Å². The van der Waals surface area contributed by atoms with Gasteiger partial charge in [-0.2, -0.15) is 5.26 Å². The van der Waals surface area contributed by atoms with Crippen molar-refractivity contribution >= 4 is 0 Å². The van der Waals surface area contributed by atoms with Gasteiger partial charge in [-0.25, -0.2) is 0 Å². The number of hydrogen-bond donors (Lipinski definition) is 0. The molecule has 0 aliphatic carbocycles. The maximum absolute atomic E-state index is 9.43. The fourth-order valence-electron chi connectivity index (χ4n) is 2.22. The average Bonchev–Trinajstić information content (AvgIpc) is 2.41. The normalized spacial score (nSPS) is 18.4. The highest BCUT2D eigenvalue weighted by atomic mass is 16.5. The quantitative estimate of drug-likeness (QED) is 0.803. The lowest BCUT2D eigenvalue weighted by Gasteiger charge is -2.31. The molecule has 0 radical (unpaired) electrons. The molecule has 0 bridgehead atoms. The Hall–Kier alpha value is -1.53. The zero-order valence-corrected chi connectivity index (χ0v) is 10.1. The molecule has 1 aliphatic rings. The first-order chi connectivity index (χ1) is 8.30. The standard InChI is InChI=1S/C14H17NO2/c1-2-17-13-5-3-12(4-6-13)14(11-15)7-9-16-10-8-14/h3-6H,2,7-10H2,1H3. The van der Waals surface area contributed by atoms with E-state index in [2.05, 4.69) is 6.07 Å². The minimum atomic E-state index is -0.372. The molecule has 1 aliphatic heterocycles. The molecule has 0 aromatic heterocycles. The van der Waals surface area contributed by atoms with Crippen molar-refractivity contribution in [2.75, 3.05) is 19.8 Å². The zero-order chi connectivity index (χ0) is 12.1. The lowest BCUT2D eigenvalue weighted by molar-refractivity contribution is 0.0675. The van der Waals surface area contributed by atoms with Gasteiger partial charge in [0.1, 0.15) is 5.75 Å². The SMILES string of the molecule is CCOc1ccc(C2(C#N)CCOCC2)cc1. The van der Waals surface area contributed by atoms with Crippen LogP contribution in [0.2, 0.25) is 0 Å². The lowest BCUT2D eigenvalue weighted by atomic mass is 9.75. The van der Waals surface area contributed by atoms with E-state index >= 15 is 0 Å². The number of rotatable bonds is 3. The lowest BCUT2D eigenvalue weighted by Crippen LogP contribution is -2.32. The van der Waals surface area contributed by atoms with Crippen molar-refractivity contribution in [3.05, 3.63) is 29.8 Å². The molecule has 3 nitrogen and oxygen atoms in total. The maximum Gasteiger partial charge on any atom is 0.119 e. The zero-order valence-electron chi connectivity index (χ0n) is 10.1. The van der Waals surface area contributed by atoms with Crippen LogP contribution in [0, 0.1) is 11.3 Å². The molecule has 17 heavy (non-hydrogen) atoms. The maximum atomic E-state index is 9.43. The number of ether oxygens (including phenoxy) is 2. The van der Waals surface area contributed by atoms with Crippen molar-refractivity contribution in [1.29, 1.82) is 5.26 Å². The molecule has 1 heterocycles. The second-order valence-corrected chi connectivity index (χ2v) is 4.26. The third-order valence-corrected chi connectivity index (χ3v) is 3.28. The van der Waals surface area contributed by atoms with Crippen LogP contribution in [0.5, 0.6) is 5.75 Å². The fourth-order valence-corrected chi connectivity index (χ4v) is 2.22. The molecule has 2 rings (SSSR count). The summed E-state index contributed by atoms with van der Waals surface area (Å²) in [6.07, 6.45) is 1.55. The molecule has 0 atom stereocenters. The topological polar surface area (TPSA) is 42.2 Å². The highest BCUT2D eigenvalue weighted by Crippen LogP contribution is 2.34. The molecule has 1 fully saturated rings. The van der Waals surface area contributed by atoms with Crippen molar-refractivity contribution in [1.82, 2.24) is 0 Å². The van der Waals surface area contributed by atoms with Crippen LogP contribution in [0.3, 0.4) is 0 Å². The molecule has 1 aromatic rings. The van der Waals surface area contributed by atoms with Gasteiger partial charge in [0.15, 0.2) is 0 Å². The van der Waals surface area contributed by atoms with E-state index in [1.54, 1.807) is 0 Å². The minimum absolute atomic E-state index is 0.372. The van der Waals surface area contributed by atoms with E-state index < -0.39 is 0 Å². The van der Waals surface area contributed by atoms with E-state index in [0.29, 0.717) is 19.8 Å². The molecule has 0 unspecified atom stereocenters. The first kappa shape index (κ1) is 11.9. The number of hydrogen-bond acceptors (Lipinski definition) is 3. The molecule has 1 saturated heterocycles. The van der Waals surface area contributed by atoms with Crippen LogP contribution in [0.25, 0.3) is 0 Å². The van der Waals surface area contributed by atoms with E-state index in [1.165, 1.54) is 0 Å². The Morgan fingerprint density at radius 3 is 2.47 bits per heavy atom. The largest absolute Gasteiger partial charge is 0.494 e. The van der Waals surface area contributed by atoms with Crippen LogP contribution in [-0.2, 0) is 10.2 Å². The summed E-state index contributed by atoms with van der Waals surface area (Å²) in [6.45, 7) is 3.96. The molecule has 0 spiro atoms. The minimum Gasteiger partial charge on any atom is -0.494 e. The predicted octanol–water partition coefficient (Wildman–Crippen LogP) is 2.66. The summed E-state index contributed by atoms with van der Waals surface area (Å²) in [5.74, 6) is 0.858. The van der Waals surface area contributed by atoms with Gasteiger partial charge >= 0.3 is 0 Å². The highest BCUT2D eigenvalue weighted by molar-refractivity contribution is 5.37. The summed E-state index contributed by atoms with van der Waals surface area (Å²) in [6, 6.07) is 10.3. The van der Waals surface area contributed by atoms with Gasteiger partial charge < -0.3 is 9.47 Å². The van der Waals surface area contributed by atoms with Crippen molar-refractivity contribution in [3.63, 3.8) is 0 Å². The van der Waals surface area contributed by atoms with E-state index in [-0.39, 0.29) is 5.41 Å². The van der Waals surface area contributed by atoms with Gasteiger partial charge in [0.05, 0.1) is 18.1 Å². The monoisotopic (exact) mass is 231 g/mol. The van der Waals surface area contributed by atoms with Crippen LogP contribution >= 0.6 is 0 Å². The van der Waals surface area contributed by atoms with Crippen molar-refractivity contribution in [2.45, 2.75) is 25.2 Å². The molecule has 3 heteroatoms. The van der Waals surface area contributed by atoms with E-state index in [4.69, 9.17) is 9.47 Å². The molecule has 0 saturated carbocycles. The predicted molar refractivity (Wildman–Crippen MR) is 65.0 cm³/mol. The molecule has 1 aromatic carbocycles. The molecular formula is C14H17NO2. The van der Waals surface area contributed by atoms with Gasteiger partial charge in [0.2, 0.25) is 0 Å². The summed E-state index contributed by atoms with van der Waals surface area (Å²) in [7, 11) is 0. The third-order valence-electron chi connectivity index (χ3n) is 3.28. The first-order valence-corrected chi connectivity index (χ1v) is 6.03. The van der Waals surface area contributed by atoms with Crippen LogP contribution in [0.15, 0.2) is 24.3 Å². The Balaban J connectivity index is 2.22. The first-order valence-electron chi connectivity index (χ1n) is 6.03. The second-order valence-electron chi connectivity index (χ2n) is 4.26. The third kappa shape index (κ3) is 2.42. The van der Waals surface area contributed by atoms with Crippen LogP contribution in [0.1, 0.15) is 25.3 Å². The molecule has 0 N–H and O–H groups in total. The highest BCUT2D eigenvalue weighted by Gasteiger charge is 2.34. The van der Waals surface area contributed by atoms with Gasteiger partial charge in [-0.05, 0) is 37.5 Å². The van der Waals surface area contributed by atoms with Gasteiger partial charge in [-0.3, -0.25) is 0 Å². The number of nitrogens with zero attached hydrogens (tertiary/aromatic N) is 1. The van der Waals surface area contributed by atoms with E-state index in [9.17, 15) is 5.26 Å². The summed E-state index contributed by atoms with van der Waals surface area (Å²) in [5.41, 5.74) is 0.704. The summed E-state index contributed by atoms with van der Waals surface area (Å²) < 4.78 is 10.7. The van der Waals surface area contributed by atoms with Crippen LogP contribution in [-0.4, -0.2) is 19.8 Å². The van der Waals surface area contributed by atoms with E-state index in [1.807, 2.05) is 31.2 Å². The Morgan fingerprint density at radius 1 is 1.29 bits per heavy atom. The molecular weight excluding hydrogens is 214 g/mol. The van der Waals surface area contributed by atoms with Gasteiger partial charge in [-0.1, -0.05) is 12.1 Å². The van der Waals surface area contributed by atoms with Crippen molar-refractivity contribution in [2.24, 2.45) is 0 Å². The van der Waals surface area contributed by atoms with Crippen molar-refractivity contribution < 1.29 is 9.47 Å².